The third-order valence-electron chi connectivity index (χ3n) is 2.98. The van der Waals surface area contributed by atoms with E-state index in [1.54, 1.807) is 6.20 Å². The highest BCUT2D eigenvalue weighted by Gasteiger charge is 2.19. The van der Waals surface area contributed by atoms with Gasteiger partial charge >= 0.3 is 0 Å². The van der Waals surface area contributed by atoms with Gasteiger partial charge < -0.3 is 4.74 Å². The second kappa shape index (κ2) is 4.17. The lowest BCUT2D eigenvalue weighted by Crippen LogP contribution is -2.15. The number of nitrogens with zero attached hydrogens (tertiary/aromatic N) is 3. The van der Waals surface area contributed by atoms with E-state index in [9.17, 15) is 0 Å². The van der Waals surface area contributed by atoms with Crippen molar-refractivity contribution in [3.8, 4) is 5.88 Å². The minimum Gasteiger partial charge on any atom is -0.474 e. The fourth-order valence-electron chi connectivity index (χ4n) is 2.13. The zero-order valence-electron chi connectivity index (χ0n) is 9.31. The zero-order valence-corrected chi connectivity index (χ0v) is 9.31. The van der Waals surface area contributed by atoms with E-state index in [1.807, 2.05) is 0 Å². The zero-order chi connectivity index (χ0) is 11.7. The molecule has 0 radical (unpaired) electrons. The molecule has 0 bridgehead atoms. The van der Waals surface area contributed by atoms with Gasteiger partial charge in [0.2, 0.25) is 11.8 Å². The van der Waals surface area contributed by atoms with E-state index >= 15 is 0 Å². The van der Waals surface area contributed by atoms with E-state index in [2.05, 4.69) is 25.6 Å². The molecule has 0 aliphatic heterocycles. The molecule has 2 aromatic heterocycles. The minimum absolute atomic E-state index is 0.244. The first-order valence-corrected chi connectivity index (χ1v) is 5.71. The number of ether oxygens (including phenoxy) is 1. The predicted octanol–water partition coefficient (Wildman–Crippen LogP) is 0.960. The number of nitrogen functional groups attached to an aromatic ring is 1. The van der Waals surface area contributed by atoms with Crippen molar-refractivity contribution in [2.75, 3.05) is 5.43 Å². The van der Waals surface area contributed by atoms with Gasteiger partial charge in [-0.3, -0.25) is 10.5 Å². The average Bonchev–Trinajstić information content (AvgIpc) is 2.98. The predicted molar refractivity (Wildman–Crippen MR) is 62.4 cm³/mol. The number of nitrogens with one attached hydrogen (secondary N) is 2. The van der Waals surface area contributed by atoms with Crippen molar-refractivity contribution in [2.24, 2.45) is 5.84 Å². The first-order valence-electron chi connectivity index (χ1n) is 5.71. The molecule has 1 aliphatic rings. The highest BCUT2D eigenvalue weighted by molar-refractivity contribution is 5.80. The molecular weight excluding hydrogens is 220 g/mol. The molecule has 3 rings (SSSR count). The Morgan fingerprint density at radius 2 is 2.18 bits per heavy atom. The van der Waals surface area contributed by atoms with E-state index in [0.717, 1.165) is 18.2 Å². The Bertz CT molecular complexity index is 518. The molecule has 0 amide bonds. The molecule has 1 saturated carbocycles. The molecule has 0 spiro atoms. The molecule has 0 unspecified atom stereocenters. The Labute approximate surface area is 97.7 Å². The summed E-state index contributed by atoms with van der Waals surface area (Å²) in [5.74, 6) is 6.20. The van der Waals surface area contributed by atoms with Gasteiger partial charge in [0.15, 0.2) is 5.65 Å². The highest BCUT2D eigenvalue weighted by atomic mass is 16.5. The van der Waals surface area contributed by atoms with Crippen molar-refractivity contribution >= 4 is 17.0 Å². The molecular formula is C10H14N6O. The second-order valence-electron chi connectivity index (χ2n) is 4.15. The lowest BCUT2D eigenvalue weighted by atomic mass is 10.3. The summed E-state index contributed by atoms with van der Waals surface area (Å²) in [7, 11) is 0. The molecule has 17 heavy (non-hydrogen) atoms. The van der Waals surface area contributed by atoms with Crippen LogP contribution >= 0.6 is 0 Å². The maximum Gasteiger partial charge on any atom is 0.242 e. The van der Waals surface area contributed by atoms with Gasteiger partial charge in [-0.05, 0) is 25.7 Å². The number of aromatic amines is 1. The van der Waals surface area contributed by atoms with Crippen LogP contribution in [0.5, 0.6) is 5.88 Å². The average molecular weight is 234 g/mol. The molecule has 2 heterocycles. The van der Waals surface area contributed by atoms with Gasteiger partial charge in [-0.1, -0.05) is 0 Å². The third kappa shape index (κ3) is 1.89. The van der Waals surface area contributed by atoms with Crippen LogP contribution in [0.2, 0.25) is 0 Å². The molecule has 0 aromatic carbocycles. The molecule has 7 nitrogen and oxygen atoms in total. The van der Waals surface area contributed by atoms with Crippen LogP contribution in [0.4, 0.5) is 5.95 Å². The largest absolute Gasteiger partial charge is 0.474 e. The first kappa shape index (κ1) is 10.3. The number of H-pyrrole nitrogens is 1. The Morgan fingerprint density at radius 1 is 1.35 bits per heavy atom. The summed E-state index contributed by atoms with van der Waals surface area (Å²) in [6, 6.07) is 0. The maximum atomic E-state index is 5.88. The van der Waals surface area contributed by atoms with E-state index in [4.69, 9.17) is 10.6 Å². The number of nitrogens with two attached hydrogens (primary N) is 1. The van der Waals surface area contributed by atoms with Crippen LogP contribution in [-0.2, 0) is 0 Å². The van der Waals surface area contributed by atoms with Crippen LogP contribution in [0.1, 0.15) is 25.7 Å². The van der Waals surface area contributed by atoms with Gasteiger partial charge in [0.25, 0.3) is 0 Å². The van der Waals surface area contributed by atoms with Gasteiger partial charge in [-0.2, -0.15) is 15.1 Å². The number of hydrogen-bond donors (Lipinski definition) is 3. The summed E-state index contributed by atoms with van der Waals surface area (Å²) in [6.45, 7) is 0. The van der Waals surface area contributed by atoms with Crippen LogP contribution in [0, 0.1) is 0 Å². The van der Waals surface area contributed by atoms with E-state index in [0.29, 0.717) is 17.5 Å². The molecule has 1 aliphatic carbocycles. The number of anilines is 1. The molecule has 90 valence electrons. The minimum atomic E-state index is 0.244. The van der Waals surface area contributed by atoms with Gasteiger partial charge in [0.1, 0.15) is 11.5 Å². The topological polar surface area (TPSA) is 102 Å². The number of fused-ring (bicyclic) bond motifs is 1. The lowest BCUT2D eigenvalue weighted by Gasteiger charge is -2.13. The highest BCUT2D eigenvalue weighted by Crippen LogP contribution is 2.27. The van der Waals surface area contributed by atoms with E-state index in [1.165, 1.54) is 12.8 Å². The molecule has 4 N–H and O–H groups in total. The standard InChI is InChI=1S/C10H14N6O/c11-15-10-13-8-7(5-12-16-8)9(14-10)17-6-3-1-2-4-6/h5-6H,1-4,11H2,(H2,12,13,14,15,16). The summed E-state index contributed by atoms with van der Waals surface area (Å²) < 4.78 is 5.88. The van der Waals surface area contributed by atoms with Crippen molar-refractivity contribution in [1.82, 2.24) is 20.2 Å². The third-order valence-corrected chi connectivity index (χ3v) is 2.98. The molecule has 0 atom stereocenters. The number of aromatic nitrogens is 4. The molecule has 2 aromatic rings. The second-order valence-corrected chi connectivity index (χ2v) is 4.15. The summed E-state index contributed by atoms with van der Waals surface area (Å²) >= 11 is 0. The van der Waals surface area contributed by atoms with E-state index < -0.39 is 0 Å². The number of hydrazine groups is 1. The van der Waals surface area contributed by atoms with Gasteiger partial charge in [-0.25, -0.2) is 5.84 Å². The Hall–Kier alpha value is -1.89. The molecule has 0 saturated heterocycles. The number of hydrogen-bond acceptors (Lipinski definition) is 6. The Kier molecular flexibility index (Phi) is 2.52. The van der Waals surface area contributed by atoms with Crippen molar-refractivity contribution in [3.05, 3.63) is 6.20 Å². The van der Waals surface area contributed by atoms with Crippen LogP contribution in [0.25, 0.3) is 11.0 Å². The lowest BCUT2D eigenvalue weighted by molar-refractivity contribution is 0.204. The Morgan fingerprint density at radius 3 is 2.94 bits per heavy atom. The van der Waals surface area contributed by atoms with Crippen molar-refractivity contribution in [2.45, 2.75) is 31.8 Å². The summed E-state index contributed by atoms with van der Waals surface area (Å²) in [4.78, 5) is 8.37. The monoisotopic (exact) mass is 234 g/mol. The summed E-state index contributed by atoms with van der Waals surface area (Å²) in [5, 5.41) is 7.51. The van der Waals surface area contributed by atoms with Crippen molar-refractivity contribution in [1.29, 1.82) is 0 Å². The quantitative estimate of drug-likeness (QED) is 0.540. The summed E-state index contributed by atoms with van der Waals surface area (Å²) in [6.07, 6.45) is 6.50. The summed E-state index contributed by atoms with van der Waals surface area (Å²) in [5.41, 5.74) is 3.05. The van der Waals surface area contributed by atoms with Gasteiger partial charge in [0.05, 0.1) is 6.20 Å². The Balaban J connectivity index is 1.97. The number of rotatable bonds is 3. The smallest absolute Gasteiger partial charge is 0.242 e. The fraction of sp³-hybridized carbons (Fsp3) is 0.500. The van der Waals surface area contributed by atoms with Crippen LogP contribution < -0.4 is 16.0 Å². The SMILES string of the molecule is NNc1nc(OC2CCCC2)c2cn[nH]c2n1. The van der Waals surface area contributed by atoms with Crippen molar-refractivity contribution < 1.29 is 4.74 Å². The normalized spacial score (nSPS) is 16.5. The van der Waals surface area contributed by atoms with Crippen LogP contribution in [-0.4, -0.2) is 26.3 Å². The van der Waals surface area contributed by atoms with E-state index in [-0.39, 0.29) is 6.10 Å². The van der Waals surface area contributed by atoms with Gasteiger partial charge in [-0.15, -0.1) is 0 Å². The van der Waals surface area contributed by atoms with Crippen LogP contribution in [0.3, 0.4) is 0 Å². The van der Waals surface area contributed by atoms with Gasteiger partial charge in [0, 0.05) is 0 Å². The first-order chi connectivity index (χ1) is 8.36. The molecule has 1 fully saturated rings. The maximum absolute atomic E-state index is 5.88. The fourth-order valence-corrected chi connectivity index (χ4v) is 2.13. The van der Waals surface area contributed by atoms with Crippen molar-refractivity contribution in [3.63, 3.8) is 0 Å². The van der Waals surface area contributed by atoms with Crippen LogP contribution in [0.15, 0.2) is 6.20 Å². The molecule has 7 heteroatoms.